The zero-order valence-corrected chi connectivity index (χ0v) is 7.34. The molecule has 1 atom stereocenters. The molecule has 68 valence electrons. The Labute approximate surface area is 72.7 Å². The summed E-state index contributed by atoms with van der Waals surface area (Å²) in [6.07, 6.45) is 1.87. The SMILES string of the molecule is CCC(C#N)NCCCC(N)=O. The van der Waals surface area contributed by atoms with Crippen molar-refractivity contribution in [3.63, 3.8) is 0 Å². The lowest BCUT2D eigenvalue weighted by Gasteiger charge is -2.07. The summed E-state index contributed by atoms with van der Waals surface area (Å²) in [5.41, 5.74) is 4.94. The van der Waals surface area contributed by atoms with Crippen molar-refractivity contribution in [2.75, 3.05) is 6.54 Å². The van der Waals surface area contributed by atoms with Crippen molar-refractivity contribution in [1.29, 1.82) is 5.26 Å². The topological polar surface area (TPSA) is 78.9 Å². The molecule has 0 radical (unpaired) electrons. The summed E-state index contributed by atoms with van der Waals surface area (Å²) in [4.78, 5) is 10.3. The number of hydrogen-bond acceptors (Lipinski definition) is 3. The molecular formula is C8H15N3O. The van der Waals surface area contributed by atoms with Crippen LogP contribution in [0.25, 0.3) is 0 Å². The standard InChI is InChI=1S/C8H15N3O/c1-2-7(6-9)11-5-3-4-8(10)12/h7,11H,2-5H2,1H3,(H2,10,12). The summed E-state index contributed by atoms with van der Waals surface area (Å²) >= 11 is 0. The molecule has 0 saturated carbocycles. The molecule has 0 rings (SSSR count). The minimum absolute atomic E-state index is 0.0992. The number of carbonyl (C=O) groups excluding carboxylic acids is 1. The van der Waals surface area contributed by atoms with E-state index in [0.29, 0.717) is 19.4 Å². The van der Waals surface area contributed by atoms with Gasteiger partial charge in [-0.25, -0.2) is 0 Å². The predicted molar refractivity (Wildman–Crippen MR) is 46.1 cm³/mol. The van der Waals surface area contributed by atoms with Crippen LogP contribution >= 0.6 is 0 Å². The maximum absolute atomic E-state index is 10.3. The van der Waals surface area contributed by atoms with Gasteiger partial charge in [-0.05, 0) is 19.4 Å². The largest absolute Gasteiger partial charge is 0.370 e. The molecule has 0 aliphatic carbocycles. The number of primary amides is 1. The molecule has 0 bridgehead atoms. The van der Waals surface area contributed by atoms with Crippen LogP contribution in [0.3, 0.4) is 0 Å². The van der Waals surface area contributed by atoms with Crippen LogP contribution in [0.5, 0.6) is 0 Å². The molecule has 0 heterocycles. The van der Waals surface area contributed by atoms with Crippen LogP contribution in [0.1, 0.15) is 26.2 Å². The van der Waals surface area contributed by atoms with Gasteiger partial charge in [-0.1, -0.05) is 6.92 Å². The molecule has 1 unspecified atom stereocenters. The van der Waals surface area contributed by atoms with Crippen LogP contribution in [0.15, 0.2) is 0 Å². The van der Waals surface area contributed by atoms with Crippen LogP contribution in [0.2, 0.25) is 0 Å². The summed E-state index contributed by atoms with van der Waals surface area (Å²) < 4.78 is 0. The third kappa shape index (κ3) is 5.69. The van der Waals surface area contributed by atoms with Crippen molar-refractivity contribution in [3.8, 4) is 6.07 Å². The number of amides is 1. The van der Waals surface area contributed by atoms with Gasteiger partial charge in [0.25, 0.3) is 0 Å². The van der Waals surface area contributed by atoms with Gasteiger partial charge in [-0.2, -0.15) is 5.26 Å². The van der Waals surface area contributed by atoms with E-state index in [2.05, 4.69) is 11.4 Å². The molecular weight excluding hydrogens is 154 g/mol. The maximum Gasteiger partial charge on any atom is 0.217 e. The Kier molecular flexibility index (Phi) is 6.02. The summed E-state index contributed by atoms with van der Waals surface area (Å²) in [5, 5.41) is 11.5. The van der Waals surface area contributed by atoms with Crippen LogP contribution in [-0.4, -0.2) is 18.5 Å². The highest BCUT2D eigenvalue weighted by molar-refractivity contribution is 5.73. The lowest BCUT2D eigenvalue weighted by Crippen LogP contribution is -2.28. The number of nitrogens with zero attached hydrogens (tertiary/aromatic N) is 1. The zero-order valence-electron chi connectivity index (χ0n) is 7.34. The van der Waals surface area contributed by atoms with E-state index in [0.717, 1.165) is 6.42 Å². The molecule has 3 N–H and O–H groups in total. The first-order valence-corrected chi connectivity index (χ1v) is 4.12. The monoisotopic (exact) mass is 169 g/mol. The van der Waals surface area contributed by atoms with Gasteiger partial charge in [0.2, 0.25) is 5.91 Å². The minimum Gasteiger partial charge on any atom is -0.370 e. The fourth-order valence-electron chi connectivity index (χ4n) is 0.820. The van der Waals surface area contributed by atoms with Crippen LogP contribution in [-0.2, 0) is 4.79 Å². The van der Waals surface area contributed by atoms with Crippen LogP contribution < -0.4 is 11.1 Å². The second-order valence-electron chi connectivity index (χ2n) is 2.61. The molecule has 0 aliphatic heterocycles. The second-order valence-corrected chi connectivity index (χ2v) is 2.61. The van der Waals surface area contributed by atoms with Gasteiger partial charge in [0, 0.05) is 6.42 Å². The molecule has 0 saturated heterocycles. The lowest BCUT2D eigenvalue weighted by atomic mass is 10.2. The van der Waals surface area contributed by atoms with Gasteiger partial charge < -0.3 is 11.1 Å². The molecule has 1 amide bonds. The van der Waals surface area contributed by atoms with E-state index in [-0.39, 0.29) is 11.9 Å². The average Bonchev–Trinajstić information content (AvgIpc) is 2.04. The number of nitriles is 1. The molecule has 0 spiro atoms. The van der Waals surface area contributed by atoms with Crippen molar-refractivity contribution in [1.82, 2.24) is 5.32 Å². The highest BCUT2D eigenvalue weighted by Gasteiger charge is 2.01. The van der Waals surface area contributed by atoms with E-state index < -0.39 is 0 Å². The van der Waals surface area contributed by atoms with Gasteiger partial charge in [0.05, 0.1) is 12.1 Å². The first kappa shape index (κ1) is 10.9. The fourth-order valence-corrected chi connectivity index (χ4v) is 0.820. The van der Waals surface area contributed by atoms with E-state index >= 15 is 0 Å². The summed E-state index contributed by atoms with van der Waals surface area (Å²) in [7, 11) is 0. The molecule has 4 heteroatoms. The molecule has 4 nitrogen and oxygen atoms in total. The Morgan fingerprint density at radius 1 is 1.75 bits per heavy atom. The fraction of sp³-hybridized carbons (Fsp3) is 0.750. The Bertz CT molecular complexity index is 174. The minimum atomic E-state index is -0.290. The number of rotatable bonds is 6. The second kappa shape index (κ2) is 6.62. The van der Waals surface area contributed by atoms with Crippen molar-refractivity contribution >= 4 is 5.91 Å². The summed E-state index contributed by atoms with van der Waals surface area (Å²) in [6, 6.07) is 2.01. The Morgan fingerprint density at radius 3 is 2.83 bits per heavy atom. The van der Waals surface area contributed by atoms with Crippen molar-refractivity contribution in [2.24, 2.45) is 5.73 Å². The third-order valence-corrected chi connectivity index (χ3v) is 1.55. The van der Waals surface area contributed by atoms with Gasteiger partial charge in [-0.3, -0.25) is 4.79 Å². The first-order valence-electron chi connectivity index (χ1n) is 4.12. The third-order valence-electron chi connectivity index (χ3n) is 1.55. The zero-order chi connectivity index (χ0) is 9.40. The molecule has 0 aliphatic rings. The Morgan fingerprint density at radius 2 is 2.42 bits per heavy atom. The average molecular weight is 169 g/mol. The van der Waals surface area contributed by atoms with Gasteiger partial charge in [0.15, 0.2) is 0 Å². The van der Waals surface area contributed by atoms with Gasteiger partial charge >= 0.3 is 0 Å². The Balaban J connectivity index is 3.31. The van der Waals surface area contributed by atoms with Crippen LogP contribution in [0, 0.1) is 11.3 Å². The highest BCUT2D eigenvalue weighted by atomic mass is 16.1. The number of nitrogens with two attached hydrogens (primary N) is 1. The summed E-state index contributed by atoms with van der Waals surface area (Å²) in [5.74, 6) is -0.290. The number of nitrogens with one attached hydrogen (secondary N) is 1. The number of carbonyl (C=O) groups is 1. The van der Waals surface area contributed by atoms with E-state index in [1.807, 2.05) is 6.92 Å². The van der Waals surface area contributed by atoms with E-state index in [9.17, 15) is 4.79 Å². The lowest BCUT2D eigenvalue weighted by molar-refractivity contribution is -0.118. The first-order chi connectivity index (χ1) is 5.70. The molecule has 0 aromatic rings. The normalized spacial score (nSPS) is 12.0. The molecule has 0 fully saturated rings. The van der Waals surface area contributed by atoms with E-state index in [1.165, 1.54) is 0 Å². The predicted octanol–water partition coefficient (Wildman–Crippen LogP) is 0.144. The molecule has 0 aromatic carbocycles. The van der Waals surface area contributed by atoms with Crippen molar-refractivity contribution in [2.45, 2.75) is 32.2 Å². The quantitative estimate of drug-likeness (QED) is 0.555. The molecule has 12 heavy (non-hydrogen) atoms. The van der Waals surface area contributed by atoms with Crippen LogP contribution in [0.4, 0.5) is 0 Å². The van der Waals surface area contributed by atoms with E-state index in [4.69, 9.17) is 11.0 Å². The number of hydrogen-bond donors (Lipinski definition) is 2. The van der Waals surface area contributed by atoms with Gasteiger partial charge in [-0.15, -0.1) is 0 Å². The van der Waals surface area contributed by atoms with Crippen molar-refractivity contribution < 1.29 is 4.79 Å². The summed E-state index contributed by atoms with van der Waals surface area (Å²) in [6.45, 7) is 2.62. The highest BCUT2D eigenvalue weighted by Crippen LogP contribution is 1.90. The Hall–Kier alpha value is -1.08. The molecule has 0 aromatic heterocycles. The van der Waals surface area contributed by atoms with Crippen molar-refractivity contribution in [3.05, 3.63) is 0 Å². The smallest absolute Gasteiger partial charge is 0.217 e. The van der Waals surface area contributed by atoms with E-state index in [1.54, 1.807) is 0 Å². The maximum atomic E-state index is 10.3. The van der Waals surface area contributed by atoms with Gasteiger partial charge in [0.1, 0.15) is 0 Å².